The number of carbonyl (C=O) groups excluding carboxylic acids is 3. The van der Waals surface area contributed by atoms with E-state index in [9.17, 15) is 46.0 Å². The Balaban J connectivity index is 2.25. The largest absolute Gasteiger partial charge is 0.411 e. The van der Waals surface area contributed by atoms with E-state index in [1.165, 1.54) is 19.1 Å². The fourth-order valence-corrected chi connectivity index (χ4v) is 3.81. The standard InChI is InChI=1S/C23H17Cl2F6N3O3/c1-12-4-13(2-3-17(12)20(37)33-9-19(36)34-11-22(26,27)28)18(35)8-21(10-32,23(29,30)31)14-5-15(24)7-16(25)6-14/h2-7H,8-9,11H2,1H3,(H,33,37)(H,34,36)/t21-/m0/s1. The molecule has 0 aliphatic rings. The van der Waals surface area contributed by atoms with E-state index in [4.69, 9.17) is 23.2 Å². The van der Waals surface area contributed by atoms with Gasteiger partial charge < -0.3 is 10.6 Å². The molecular formula is C23H17Cl2F6N3O3. The monoisotopic (exact) mass is 567 g/mol. The van der Waals surface area contributed by atoms with Gasteiger partial charge in [-0.3, -0.25) is 14.4 Å². The van der Waals surface area contributed by atoms with Crippen molar-refractivity contribution >= 4 is 40.8 Å². The number of nitrogens with one attached hydrogen (secondary N) is 2. The normalized spacial score (nSPS) is 13.3. The third-order valence-electron chi connectivity index (χ3n) is 5.14. The van der Waals surface area contributed by atoms with Gasteiger partial charge in [-0.25, -0.2) is 0 Å². The van der Waals surface area contributed by atoms with Crippen LogP contribution in [0.2, 0.25) is 10.0 Å². The number of hydrogen-bond donors (Lipinski definition) is 2. The second-order valence-electron chi connectivity index (χ2n) is 7.88. The van der Waals surface area contributed by atoms with Crippen molar-refractivity contribution in [3.05, 3.63) is 68.7 Å². The molecule has 0 aliphatic carbocycles. The molecule has 0 unspecified atom stereocenters. The number of ketones is 1. The van der Waals surface area contributed by atoms with Crippen LogP contribution < -0.4 is 10.6 Å². The first kappa shape index (κ1) is 29.9. The smallest absolute Gasteiger partial charge is 0.345 e. The molecule has 6 nitrogen and oxygen atoms in total. The highest BCUT2D eigenvalue weighted by molar-refractivity contribution is 6.34. The Labute approximate surface area is 216 Å². The number of aryl methyl sites for hydroxylation is 1. The fraction of sp³-hybridized carbons (Fsp3) is 0.304. The molecule has 2 amide bonds. The summed E-state index contributed by atoms with van der Waals surface area (Å²) in [6, 6.07) is 7.40. The van der Waals surface area contributed by atoms with Crippen molar-refractivity contribution < 1.29 is 40.7 Å². The first-order valence-electron chi connectivity index (χ1n) is 10.2. The van der Waals surface area contributed by atoms with Gasteiger partial charge in [0.25, 0.3) is 5.91 Å². The van der Waals surface area contributed by atoms with E-state index in [-0.39, 0.29) is 26.7 Å². The average Bonchev–Trinajstić information content (AvgIpc) is 2.77. The van der Waals surface area contributed by atoms with E-state index in [0.29, 0.717) is 0 Å². The van der Waals surface area contributed by atoms with E-state index in [1.54, 1.807) is 5.32 Å². The predicted molar refractivity (Wildman–Crippen MR) is 121 cm³/mol. The molecule has 2 N–H and O–H groups in total. The molecular weight excluding hydrogens is 551 g/mol. The number of Topliss-reactive ketones (excluding diaryl/α,β-unsaturated/α-hetero) is 1. The number of benzene rings is 2. The highest BCUT2D eigenvalue weighted by atomic mass is 35.5. The van der Waals surface area contributed by atoms with Crippen molar-refractivity contribution in [2.45, 2.75) is 31.1 Å². The molecule has 0 fully saturated rings. The van der Waals surface area contributed by atoms with Crippen molar-refractivity contribution in [2.24, 2.45) is 0 Å². The van der Waals surface area contributed by atoms with Crippen molar-refractivity contribution in [1.29, 1.82) is 5.26 Å². The van der Waals surface area contributed by atoms with Crippen molar-refractivity contribution in [1.82, 2.24) is 10.6 Å². The fourth-order valence-electron chi connectivity index (χ4n) is 3.29. The Kier molecular flexibility index (Phi) is 9.22. The van der Waals surface area contributed by atoms with Crippen LogP contribution in [0.3, 0.4) is 0 Å². The maximum atomic E-state index is 14.1. The second-order valence-corrected chi connectivity index (χ2v) is 8.75. The van der Waals surface area contributed by atoms with Gasteiger partial charge in [0.2, 0.25) is 5.91 Å². The molecule has 2 rings (SSSR count). The van der Waals surface area contributed by atoms with Crippen LogP contribution in [0.15, 0.2) is 36.4 Å². The summed E-state index contributed by atoms with van der Waals surface area (Å²) in [6.07, 6.45) is -11.1. The Morgan fingerprint density at radius 2 is 1.54 bits per heavy atom. The summed E-state index contributed by atoms with van der Waals surface area (Å²) in [5, 5.41) is 12.9. The predicted octanol–water partition coefficient (Wildman–Crippen LogP) is 5.31. The third-order valence-corrected chi connectivity index (χ3v) is 5.58. The zero-order valence-electron chi connectivity index (χ0n) is 18.8. The molecule has 2 aromatic rings. The number of amides is 2. The molecule has 0 aromatic heterocycles. The van der Waals surface area contributed by atoms with Gasteiger partial charge >= 0.3 is 12.4 Å². The molecule has 0 saturated carbocycles. The lowest BCUT2D eigenvalue weighted by molar-refractivity contribution is -0.172. The minimum absolute atomic E-state index is 0.0795. The summed E-state index contributed by atoms with van der Waals surface area (Å²) in [5.74, 6) is -3.04. The molecule has 0 saturated heterocycles. The summed E-state index contributed by atoms with van der Waals surface area (Å²) in [7, 11) is 0. The zero-order valence-corrected chi connectivity index (χ0v) is 20.3. The lowest BCUT2D eigenvalue weighted by Gasteiger charge is -2.29. The Morgan fingerprint density at radius 3 is 2.03 bits per heavy atom. The first-order chi connectivity index (χ1) is 17.0. The van der Waals surface area contributed by atoms with Crippen LogP contribution >= 0.6 is 23.2 Å². The zero-order chi connectivity index (χ0) is 28.2. The van der Waals surface area contributed by atoms with Gasteiger partial charge in [0.15, 0.2) is 11.2 Å². The van der Waals surface area contributed by atoms with Gasteiger partial charge in [0.05, 0.1) is 12.6 Å². The highest BCUT2D eigenvalue weighted by Gasteiger charge is 2.58. The quantitative estimate of drug-likeness (QED) is 0.333. The van der Waals surface area contributed by atoms with Gasteiger partial charge in [-0.05, 0) is 48.4 Å². The highest BCUT2D eigenvalue weighted by Crippen LogP contribution is 2.45. The lowest BCUT2D eigenvalue weighted by Crippen LogP contribution is -2.43. The minimum atomic E-state index is -5.19. The molecule has 0 bridgehead atoms. The van der Waals surface area contributed by atoms with Gasteiger partial charge in [0.1, 0.15) is 6.54 Å². The maximum Gasteiger partial charge on any atom is 0.411 e. The molecule has 1 atom stereocenters. The third kappa shape index (κ3) is 7.60. The number of carbonyl (C=O) groups is 3. The number of nitriles is 1. The minimum Gasteiger partial charge on any atom is -0.345 e. The topological polar surface area (TPSA) is 99.1 Å². The van der Waals surface area contributed by atoms with Crippen LogP contribution in [-0.4, -0.2) is 43.0 Å². The molecule has 0 heterocycles. The maximum absolute atomic E-state index is 14.1. The molecule has 37 heavy (non-hydrogen) atoms. The molecule has 198 valence electrons. The van der Waals surface area contributed by atoms with Gasteiger partial charge in [-0.1, -0.05) is 29.3 Å². The average molecular weight is 568 g/mol. The van der Waals surface area contributed by atoms with Crippen molar-refractivity contribution in [3.63, 3.8) is 0 Å². The van der Waals surface area contributed by atoms with Crippen LogP contribution in [0, 0.1) is 18.3 Å². The number of hydrogen-bond acceptors (Lipinski definition) is 4. The summed E-state index contributed by atoms with van der Waals surface area (Å²) in [4.78, 5) is 36.6. The van der Waals surface area contributed by atoms with Crippen LogP contribution in [-0.2, 0) is 10.2 Å². The summed E-state index contributed by atoms with van der Waals surface area (Å²) in [6.45, 7) is -0.998. The number of halogens is 8. The molecule has 0 radical (unpaired) electrons. The SMILES string of the molecule is Cc1cc(C(=O)C[C@](C#N)(c2cc(Cl)cc(Cl)c2)C(F)(F)F)ccc1C(=O)NCC(=O)NCC(F)(F)F. The summed E-state index contributed by atoms with van der Waals surface area (Å²) >= 11 is 11.6. The second kappa shape index (κ2) is 11.4. The Hall–Kier alpha value is -3.30. The van der Waals surface area contributed by atoms with Crippen molar-refractivity contribution in [2.75, 3.05) is 13.1 Å². The van der Waals surface area contributed by atoms with E-state index >= 15 is 0 Å². The van der Waals surface area contributed by atoms with Gasteiger partial charge in [0, 0.05) is 27.6 Å². The van der Waals surface area contributed by atoms with Gasteiger partial charge in [-0.2, -0.15) is 31.6 Å². The molecule has 2 aromatic carbocycles. The van der Waals surface area contributed by atoms with E-state index in [1.807, 2.05) is 0 Å². The van der Waals surface area contributed by atoms with Gasteiger partial charge in [-0.15, -0.1) is 0 Å². The summed E-state index contributed by atoms with van der Waals surface area (Å²) in [5.41, 5.74) is -4.09. The van der Waals surface area contributed by atoms with E-state index in [0.717, 1.165) is 30.3 Å². The molecule has 0 aliphatic heterocycles. The van der Waals surface area contributed by atoms with Crippen LogP contribution in [0.4, 0.5) is 26.3 Å². The number of rotatable bonds is 8. The van der Waals surface area contributed by atoms with Crippen molar-refractivity contribution in [3.8, 4) is 6.07 Å². The lowest BCUT2D eigenvalue weighted by atomic mass is 9.76. The van der Waals surface area contributed by atoms with Crippen LogP contribution in [0.5, 0.6) is 0 Å². The number of nitrogens with zero attached hydrogens (tertiary/aromatic N) is 1. The first-order valence-corrected chi connectivity index (χ1v) is 10.9. The molecule has 0 spiro atoms. The summed E-state index contributed by atoms with van der Waals surface area (Å²) < 4.78 is 78.7. The van der Waals surface area contributed by atoms with E-state index < -0.39 is 60.4 Å². The Bertz CT molecular complexity index is 1240. The van der Waals surface area contributed by atoms with E-state index in [2.05, 4.69) is 5.32 Å². The molecule has 14 heteroatoms. The Morgan fingerprint density at radius 1 is 0.946 bits per heavy atom. The number of alkyl halides is 6. The van der Waals surface area contributed by atoms with Crippen LogP contribution in [0.25, 0.3) is 0 Å². The van der Waals surface area contributed by atoms with Crippen LogP contribution in [0.1, 0.15) is 38.3 Å².